The molecule has 1 saturated carbocycles. The van der Waals surface area contributed by atoms with Crippen molar-refractivity contribution in [3.8, 4) is 0 Å². The van der Waals surface area contributed by atoms with Crippen LogP contribution in [0.4, 0.5) is 0 Å². The van der Waals surface area contributed by atoms with Gasteiger partial charge in [0.1, 0.15) is 5.75 Å². The smallest absolute Gasteiger partial charge is 0.237 e. The van der Waals surface area contributed by atoms with E-state index >= 15 is 0 Å². The van der Waals surface area contributed by atoms with Gasteiger partial charge in [-0.15, -0.1) is 0 Å². The molecule has 1 aromatic rings. The number of nitrogens with two attached hydrogens (primary N) is 1. The Hall–Kier alpha value is -1.40. The number of hydrogen-bond donors (Lipinski definition) is 1. The highest BCUT2D eigenvalue weighted by Crippen LogP contribution is 2.32. The third-order valence-electron chi connectivity index (χ3n) is 5.46. The zero-order valence-electron chi connectivity index (χ0n) is 13.9. The Labute approximate surface area is 144 Å². The molecule has 132 valence electrons. The van der Waals surface area contributed by atoms with Crippen LogP contribution in [0.5, 0.6) is 0 Å². The molecule has 5 nitrogen and oxygen atoms in total. The summed E-state index contributed by atoms with van der Waals surface area (Å²) in [5, 5.41) is -0.320. The van der Waals surface area contributed by atoms with E-state index in [0.717, 1.165) is 12.8 Å². The molecule has 1 saturated heterocycles. The summed E-state index contributed by atoms with van der Waals surface area (Å²) in [7, 11) is -3.33. The van der Waals surface area contributed by atoms with Crippen molar-refractivity contribution in [3.05, 3.63) is 35.9 Å². The molecule has 1 heterocycles. The van der Waals surface area contributed by atoms with Crippen LogP contribution < -0.4 is 5.73 Å². The van der Waals surface area contributed by atoms with Crippen molar-refractivity contribution in [2.45, 2.75) is 36.9 Å². The van der Waals surface area contributed by atoms with Crippen molar-refractivity contribution in [2.24, 2.45) is 11.7 Å². The van der Waals surface area contributed by atoms with Crippen LogP contribution in [0.25, 0.3) is 0 Å². The van der Waals surface area contributed by atoms with Crippen molar-refractivity contribution in [1.82, 2.24) is 4.90 Å². The first-order chi connectivity index (χ1) is 11.5. The predicted octanol–water partition coefficient (Wildman–Crippen LogP) is 1.54. The lowest BCUT2D eigenvalue weighted by molar-refractivity contribution is -0.127. The molecule has 1 aliphatic heterocycles. The third kappa shape index (κ3) is 3.64. The van der Waals surface area contributed by atoms with Crippen molar-refractivity contribution >= 4 is 15.7 Å². The summed E-state index contributed by atoms with van der Waals surface area (Å²) >= 11 is 0. The fraction of sp³-hybridized carbons (Fsp3) is 0.611. The molecule has 0 radical (unpaired) electrons. The Morgan fingerprint density at radius 3 is 2.42 bits per heavy atom. The molecule has 24 heavy (non-hydrogen) atoms. The molecule has 0 bridgehead atoms. The van der Waals surface area contributed by atoms with Crippen molar-refractivity contribution in [2.75, 3.05) is 25.4 Å². The van der Waals surface area contributed by atoms with Crippen LogP contribution in [0, 0.1) is 5.92 Å². The van der Waals surface area contributed by atoms with E-state index in [1.165, 1.54) is 5.56 Å². The lowest BCUT2D eigenvalue weighted by Crippen LogP contribution is -2.37. The summed E-state index contributed by atoms with van der Waals surface area (Å²) in [6.07, 6.45) is 3.31. The maximum atomic E-state index is 12.6. The quantitative estimate of drug-likeness (QED) is 0.873. The van der Waals surface area contributed by atoms with Gasteiger partial charge in [-0.2, -0.15) is 0 Å². The van der Waals surface area contributed by atoms with Gasteiger partial charge in [-0.05, 0) is 30.9 Å². The van der Waals surface area contributed by atoms with Crippen LogP contribution in [0.15, 0.2) is 30.3 Å². The average Bonchev–Trinajstić information content (AvgIpc) is 3.25. The van der Waals surface area contributed by atoms with Gasteiger partial charge < -0.3 is 10.6 Å². The molecule has 0 aromatic heterocycles. The normalized spacial score (nSPS) is 25.3. The van der Waals surface area contributed by atoms with Crippen LogP contribution >= 0.6 is 0 Å². The van der Waals surface area contributed by atoms with Gasteiger partial charge in [0.2, 0.25) is 5.91 Å². The van der Waals surface area contributed by atoms with Crippen LogP contribution in [0.1, 0.15) is 37.2 Å². The lowest BCUT2D eigenvalue weighted by Gasteiger charge is -2.18. The molecule has 0 unspecified atom stereocenters. The van der Waals surface area contributed by atoms with Crippen molar-refractivity contribution in [3.63, 3.8) is 0 Å². The van der Waals surface area contributed by atoms with E-state index in [4.69, 9.17) is 5.73 Å². The van der Waals surface area contributed by atoms with E-state index in [0.29, 0.717) is 32.5 Å². The highest BCUT2D eigenvalue weighted by molar-refractivity contribution is 7.92. The fourth-order valence-electron chi connectivity index (χ4n) is 4.02. The highest BCUT2D eigenvalue weighted by atomic mass is 32.2. The molecule has 1 aliphatic carbocycles. The lowest BCUT2D eigenvalue weighted by atomic mass is 9.89. The largest absolute Gasteiger partial charge is 0.341 e. The van der Waals surface area contributed by atoms with E-state index < -0.39 is 9.84 Å². The minimum atomic E-state index is -3.33. The number of amides is 1. The first-order valence-electron chi connectivity index (χ1n) is 8.75. The van der Waals surface area contributed by atoms with Gasteiger partial charge in [-0.25, -0.2) is 8.42 Å². The van der Waals surface area contributed by atoms with Gasteiger partial charge in [0.15, 0.2) is 9.84 Å². The van der Waals surface area contributed by atoms with E-state index in [1.54, 1.807) is 4.90 Å². The van der Waals surface area contributed by atoms with Crippen LogP contribution in [-0.2, 0) is 14.6 Å². The molecule has 6 heteroatoms. The minimum Gasteiger partial charge on any atom is -0.341 e. The maximum absolute atomic E-state index is 12.6. The van der Waals surface area contributed by atoms with Crippen molar-refractivity contribution in [1.29, 1.82) is 0 Å². The van der Waals surface area contributed by atoms with Crippen molar-refractivity contribution < 1.29 is 13.2 Å². The van der Waals surface area contributed by atoms with Gasteiger partial charge in [-0.3, -0.25) is 4.79 Å². The predicted molar refractivity (Wildman–Crippen MR) is 94.4 cm³/mol. The summed E-state index contributed by atoms with van der Waals surface area (Å²) < 4.78 is 24.9. The molecule has 1 amide bonds. The first-order valence-corrected chi connectivity index (χ1v) is 10.5. The summed E-state index contributed by atoms with van der Waals surface area (Å²) in [5.74, 6) is -0.241. The van der Waals surface area contributed by atoms with E-state index in [-0.39, 0.29) is 28.7 Å². The first kappa shape index (κ1) is 17.4. The number of carbonyl (C=O) groups is 1. The number of likely N-dealkylation sites (tertiary alicyclic amines) is 1. The van der Waals surface area contributed by atoms with Crippen LogP contribution in [-0.4, -0.2) is 49.9 Å². The highest BCUT2D eigenvalue weighted by Gasteiger charge is 2.38. The zero-order chi connectivity index (χ0) is 17.2. The number of hydrogen-bond acceptors (Lipinski definition) is 4. The molecule has 2 fully saturated rings. The Morgan fingerprint density at radius 2 is 1.79 bits per heavy atom. The summed E-state index contributed by atoms with van der Waals surface area (Å²) in [4.78, 5) is 14.3. The fourth-order valence-corrected chi connectivity index (χ4v) is 5.83. The Morgan fingerprint density at radius 1 is 1.12 bits per heavy atom. The van der Waals surface area contributed by atoms with Gasteiger partial charge in [-0.1, -0.05) is 43.2 Å². The standard InChI is InChI=1S/C18H26N2O3S/c19-10-15-11-20(12-17(15)14-6-2-1-3-7-14)18(21)13-24(22,23)16-8-4-5-9-16/h1-3,6-7,15-17H,4-5,8-13,19H2/t15-,17+/m1/s1. The number of nitrogens with zero attached hydrogens (tertiary/aromatic N) is 1. The SMILES string of the molecule is NC[C@@H]1CN(C(=O)CS(=O)(=O)C2CCCC2)C[C@H]1c1ccccc1. The summed E-state index contributed by atoms with van der Waals surface area (Å²) in [6.45, 7) is 1.61. The number of benzene rings is 1. The molecular formula is C18H26N2O3S. The minimum absolute atomic E-state index is 0.186. The Balaban J connectivity index is 1.68. The van der Waals surface area contributed by atoms with Gasteiger partial charge in [0, 0.05) is 19.0 Å². The second-order valence-corrected chi connectivity index (χ2v) is 9.31. The summed E-state index contributed by atoms with van der Waals surface area (Å²) in [5.41, 5.74) is 7.06. The van der Waals surface area contributed by atoms with Gasteiger partial charge in [0.25, 0.3) is 0 Å². The topological polar surface area (TPSA) is 80.5 Å². The van der Waals surface area contributed by atoms with Crippen LogP contribution in [0.3, 0.4) is 0 Å². The number of rotatable bonds is 5. The number of carbonyl (C=O) groups excluding carboxylic acids is 1. The molecule has 2 atom stereocenters. The molecular weight excluding hydrogens is 324 g/mol. The van der Waals surface area contributed by atoms with E-state index in [2.05, 4.69) is 12.1 Å². The second-order valence-electron chi connectivity index (χ2n) is 7.03. The Bertz CT molecular complexity index is 669. The van der Waals surface area contributed by atoms with Crippen LogP contribution in [0.2, 0.25) is 0 Å². The molecule has 1 aromatic carbocycles. The third-order valence-corrected chi connectivity index (χ3v) is 7.60. The van der Waals surface area contributed by atoms with E-state index in [1.807, 2.05) is 18.2 Å². The zero-order valence-corrected chi connectivity index (χ0v) is 14.7. The van der Waals surface area contributed by atoms with E-state index in [9.17, 15) is 13.2 Å². The molecule has 3 rings (SSSR count). The average molecular weight is 350 g/mol. The second kappa shape index (κ2) is 7.23. The molecule has 2 aliphatic rings. The Kier molecular flexibility index (Phi) is 5.25. The maximum Gasteiger partial charge on any atom is 0.237 e. The van der Waals surface area contributed by atoms with Gasteiger partial charge >= 0.3 is 0 Å². The van der Waals surface area contributed by atoms with Gasteiger partial charge in [0.05, 0.1) is 5.25 Å². The monoisotopic (exact) mass is 350 g/mol. The molecule has 0 spiro atoms. The molecule has 2 N–H and O–H groups in total. The number of sulfone groups is 1. The summed E-state index contributed by atoms with van der Waals surface area (Å²) in [6, 6.07) is 10.0.